The van der Waals surface area contributed by atoms with Crippen molar-refractivity contribution in [2.24, 2.45) is 5.73 Å². The van der Waals surface area contributed by atoms with Crippen LogP contribution < -0.4 is 11.3 Å². The monoisotopic (exact) mass is 230 g/mol. The van der Waals surface area contributed by atoms with E-state index in [1.54, 1.807) is 6.07 Å². The molecule has 0 aromatic carbocycles. The molecule has 0 radical (unpaired) electrons. The summed E-state index contributed by atoms with van der Waals surface area (Å²) in [5, 5.41) is 0. The number of carbonyl (C=O) groups is 1. The molecule has 0 saturated carbocycles. The maximum Gasteiger partial charge on any atom is 0.251 e. The van der Waals surface area contributed by atoms with Crippen molar-refractivity contribution in [2.45, 2.75) is 6.54 Å². The van der Waals surface area contributed by atoms with Crippen LogP contribution in [0.4, 0.5) is 0 Å². The van der Waals surface area contributed by atoms with E-state index in [2.05, 4.69) is 15.9 Å². The highest BCUT2D eigenvalue weighted by atomic mass is 79.9. The molecule has 1 rings (SSSR count). The second-order valence-corrected chi connectivity index (χ2v) is 3.20. The molecule has 2 N–H and O–H groups in total. The number of rotatable bonds is 2. The molecular weight excluding hydrogens is 224 g/mol. The standard InChI is InChI=1S/C7H7BrN2O2/c8-5-1-2-7(12)10(3-5)4-6(9)11/h1-3H,4H2,(H2,9,11). The Labute approximate surface area is 77.1 Å². The number of hydrogen-bond donors (Lipinski definition) is 1. The Morgan fingerprint density at radius 3 is 2.83 bits per heavy atom. The van der Waals surface area contributed by atoms with Crippen molar-refractivity contribution >= 4 is 21.8 Å². The lowest BCUT2D eigenvalue weighted by molar-refractivity contribution is -0.118. The van der Waals surface area contributed by atoms with Crippen LogP contribution in [0.2, 0.25) is 0 Å². The van der Waals surface area contributed by atoms with Gasteiger partial charge in [-0.2, -0.15) is 0 Å². The zero-order valence-electron chi connectivity index (χ0n) is 6.16. The first-order valence-electron chi connectivity index (χ1n) is 3.24. The van der Waals surface area contributed by atoms with Crippen LogP contribution in [0.1, 0.15) is 0 Å². The molecule has 1 heterocycles. The molecule has 0 unspecified atom stereocenters. The van der Waals surface area contributed by atoms with Gasteiger partial charge < -0.3 is 10.3 Å². The summed E-state index contributed by atoms with van der Waals surface area (Å²) >= 11 is 3.17. The average molecular weight is 231 g/mol. The summed E-state index contributed by atoms with van der Waals surface area (Å²) in [7, 11) is 0. The van der Waals surface area contributed by atoms with Crippen LogP contribution >= 0.6 is 15.9 Å². The van der Waals surface area contributed by atoms with E-state index in [1.807, 2.05) is 0 Å². The molecule has 1 aromatic rings. The summed E-state index contributed by atoms with van der Waals surface area (Å²) in [6.45, 7) is -0.0850. The minimum absolute atomic E-state index is 0.0850. The number of hydrogen-bond acceptors (Lipinski definition) is 2. The number of pyridine rings is 1. The smallest absolute Gasteiger partial charge is 0.251 e. The molecule has 1 amide bonds. The number of nitrogens with two attached hydrogens (primary N) is 1. The zero-order valence-corrected chi connectivity index (χ0v) is 7.74. The van der Waals surface area contributed by atoms with Gasteiger partial charge in [0.15, 0.2) is 0 Å². The highest BCUT2D eigenvalue weighted by molar-refractivity contribution is 9.10. The first kappa shape index (κ1) is 8.99. The first-order chi connectivity index (χ1) is 5.59. The van der Waals surface area contributed by atoms with E-state index in [1.165, 1.54) is 16.8 Å². The molecule has 0 aliphatic carbocycles. The summed E-state index contributed by atoms with van der Waals surface area (Å²) in [4.78, 5) is 21.5. The lowest BCUT2D eigenvalue weighted by atomic mass is 10.4. The predicted molar refractivity (Wildman–Crippen MR) is 47.6 cm³/mol. The van der Waals surface area contributed by atoms with Gasteiger partial charge in [0.25, 0.3) is 5.56 Å². The maximum atomic E-state index is 11.0. The summed E-state index contributed by atoms with van der Waals surface area (Å²) < 4.78 is 1.98. The maximum absolute atomic E-state index is 11.0. The van der Waals surface area contributed by atoms with Gasteiger partial charge in [0.1, 0.15) is 6.54 Å². The molecule has 0 spiro atoms. The number of primary amides is 1. The third-order valence-electron chi connectivity index (χ3n) is 1.27. The lowest BCUT2D eigenvalue weighted by Gasteiger charge is -2.01. The van der Waals surface area contributed by atoms with Gasteiger partial charge in [-0.3, -0.25) is 9.59 Å². The van der Waals surface area contributed by atoms with Gasteiger partial charge in [0.05, 0.1) is 0 Å². The minimum atomic E-state index is -0.532. The van der Waals surface area contributed by atoms with Crippen molar-refractivity contribution in [3.05, 3.63) is 33.2 Å². The Hall–Kier alpha value is -1.10. The third kappa shape index (κ3) is 2.20. The third-order valence-corrected chi connectivity index (χ3v) is 1.74. The topological polar surface area (TPSA) is 65.1 Å². The van der Waals surface area contributed by atoms with E-state index >= 15 is 0 Å². The molecule has 12 heavy (non-hydrogen) atoms. The van der Waals surface area contributed by atoms with Crippen LogP contribution in [0.15, 0.2) is 27.6 Å². The lowest BCUT2D eigenvalue weighted by Crippen LogP contribution is -2.26. The normalized spacial score (nSPS) is 9.75. The first-order valence-corrected chi connectivity index (χ1v) is 4.03. The van der Waals surface area contributed by atoms with Crippen LogP contribution in [0.5, 0.6) is 0 Å². The molecule has 0 aliphatic rings. The fourth-order valence-electron chi connectivity index (χ4n) is 0.794. The van der Waals surface area contributed by atoms with Crippen molar-refractivity contribution in [1.29, 1.82) is 0 Å². The van der Waals surface area contributed by atoms with Gasteiger partial charge in [-0.05, 0) is 22.0 Å². The largest absolute Gasteiger partial charge is 0.368 e. The van der Waals surface area contributed by atoms with Crippen LogP contribution in [-0.4, -0.2) is 10.5 Å². The molecule has 0 atom stereocenters. The number of aromatic nitrogens is 1. The Balaban J connectivity index is 3.06. The van der Waals surface area contributed by atoms with Crippen LogP contribution in [0.3, 0.4) is 0 Å². The molecule has 0 aliphatic heterocycles. The van der Waals surface area contributed by atoms with E-state index in [9.17, 15) is 9.59 Å². The predicted octanol–water partition coefficient (Wildman–Crippen LogP) is 0.0961. The summed E-state index contributed by atoms with van der Waals surface area (Å²) in [6.07, 6.45) is 1.52. The summed E-state index contributed by atoms with van der Waals surface area (Å²) in [5.41, 5.74) is 4.69. The van der Waals surface area contributed by atoms with Crippen LogP contribution in [0, 0.1) is 0 Å². The SMILES string of the molecule is NC(=O)Cn1cc(Br)ccc1=O. The number of carbonyl (C=O) groups excluding carboxylic acids is 1. The summed E-state index contributed by atoms with van der Waals surface area (Å²) in [5.74, 6) is -0.532. The fourth-order valence-corrected chi connectivity index (χ4v) is 1.17. The van der Waals surface area contributed by atoms with Crippen LogP contribution in [0.25, 0.3) is 0 Å². The van der Waals surface area contributed by atoms with Gasteiger partial charge in [-0.1, -0.05) is 0 Å². The molecule has 0 saturated heterocycles. The van der Waals surface area contributed by atoms with E-state index < -0.39 is 5.91 Å². The van der Waals surface area contributed by atoms with E-state index in [4.69, 9.17) is 5.73 Å². The average Bonchev–Trinajstić information content (AvgIpc) is 1.96. The molecular formula is C7H7BrN2O2. The van der Waals surface area contributed by atoms with Crippen molar-refractivity contribution in [3.8, 4) is 0 Å². The summed E-state index contributed by atoms with van der Waals surface area (Å²) in [6, 6.07) is 2.98. The van der Waals surface area contributed by atoms with E-state index in [0.29, 0.717) is 0 Å². The molecule has 0 fully saturated rings. The Morgan fingerprint density at radius 2 is 2.25 bits per heavy atom. The number of halogens is 1. The van der Waals surface area contributed by atoms with Gasteiger partial charge in [0.2, 0.25) is 5.91 Å². The van der Waals surface area contributed by atoms with Crippen molar-refractivity contribution in [2.75, 3.05) is 0 Å². The second-order valence-electron chi connectivity index (χ2n) is 2.28. The zero-order chi connectivity index (χ0) is 9.14. The van der Waals surface area contributed by atoms with Gasteiger partial charge in [-0.25, -0.2) is 0 Å². The number of amides is 1. The van der Waals surface area contributed by atoms with Crippen molar-refractivity contribution < 1.29 is 4.79 Å². The molecule has 64 valence electrons. The Morgan fingerprint density at radius 1 is 1.58 bits per heavy atom. The van der Waals surface area contributed by atoms with Gasteiger partial charge in [-0.15, -0.1) is 0 Å². The quantitative estimate of drug-likeness (QED) is 0.784. The minimum Gasteiger partial charge on any atom is -0.368 e. The fraction of sp³-hybridized carbons (Fsp3) is 0.143. The van der Waals surface area contributed by atoms with Gasteiger partial charge in [0, 0.05) is 16.7 Å². The highest BCUT2D eigenvalue weighted by Gasteiger charge is 1.99. The second kappa shape index (κ2) is 3.53. The van der Waals surface area contributed by atoms with E-state index in [-0.39, 0.29) is 12.1 Å². The van der Waals surface area contributed by atoms with E-state index in [0.717, 1.165) is 4.47 Å². The Kier molecular flexibility index (Phi) is 2.65. The molecule has 4 nitrogen and oxygen atoms in total. The molecule has 5 heteroatoms. The molecule has 1 aromatic heterocycles. The highest BCUT2D eigenvalue weighted by Crippen LogP contribution is 2.04. The number of nitrogens with zero attached hydrogens (tertiary/aromatic N) is 1. The van der Waals surface area contributed by atoms with Crippen molar-refractivity contribution in [3.63, 3.8) is 0 Å². The van der Waals surface area contributed by atoms with Crippen molar-refractivity contribution in [1.82, 2.24) is 4.57 Å². The van der Waals surface area contributed by atoms with Crippen LogP contribution in [-0.2, 0) is 11.3 Å². The van der Waals surface area contributed by atoms with Gasteiger partial charge >= 0.3 is 0 Å². The molecule has 0 bridgehead atoms. The Bertz CT molecular complexity index is 359.